The van der Waals surface area contributed by atoms with Gasteiger partial charge in [-0.2, -0.15) is 0 Å². The maximum Gasteiger partial charge on any atom is 0.232 e. The normalized spacial score (nSPS) is 12.7. The predicted molar refractivity (Wildman–Crippen MR) is 60.1 cm³/mol. The van der Waals surface area contributed by atoms with E-state index in [1.54, 1.807) is 13.3 Å². The van der Waals surface area contributed by atoms with Crippen LogP contribution < -0.4 is 10.5 Å². The molecule has 1 heterocycles. The number of aliphatic hydroxyl groups is 1. The van der Waals surface area contributed by atoms with Gasteiger partial charge in [-0.1, -0.05) is 6.07 Å². The van der Waals surface area contributed by atoms with E-state index in [0.29, 0.717) is 5.88 Å². The van der Waals surface area contributed by atoms with Crippen LogP contribution in [-0.4, -0.2) is 28.8 Å². The Hall–Kier alpha value is -1.72. The van der Waals surface area contributed by atoms with Gasteiger partial charge in [0.1, 0.15) is 0 Å². The number of hydrogen-bond donors (Lipinski definition) is 2. The Labute approximate surface area is 92.9 Å². The molecule has 0 fully saturated rings. The van der Waals surface area contributed by atoms with Gasteiger partial charge in [-0.05, 0) is 17.7 Å². The Bertz CT molecular complexity index is 502. The first-order chi connectivity index (χ1) is 7.74. The third-order valence-corrected chi connectivity index (χ3v) is 2.38. The van der Waals surface area contributed by atoms with E-state index in [2.05, 4.69) is 9.97 Å². The van der Waals surface area contributed by atoms with Crippen LogP contribution in [0, 0.1) is 0 Å². The van der Waals surface area contributed by atoms with E-state index in [9.17, 15) is 0 Å². The highest BCUT2D eigenvalue weighted by Gasteiger charge is 2.06. The Morgan fingerprint density at radius 2 is 2.25 bits per heavy atom. The molecule has 0 spiro atoms. The van der Waals surface area contributed by atoms with Crippen molar-refractivity contribution in [1.82, 2.24) is 9.97 Å². The van der Waals surface area contributed by atoms with Gasteiger partial charge in [-0.25, -0.2) is 9.97 Å². The largest absolute Gasteiger partial charge is 0.480 e. The zero-order valence-corrected chi connectivity index (χ0v) is 8.92. The molecule has 1 unspecified atom stereocenters. The zero-order valence-electron chi connectivity index (χ0n) is 8.92. The fraction of sp³-hybridized carbons (Fsp3) is 0.273. The summed E-state index contributed by atoms with van der Waals surface area (Å²) in [6.45, 7) is -0.0882. The topological polar surface area (TPSA) is 81.3 Å². The number of benzene rings is 1. The average Bonchev–Trinajstić information content (AvgIpc) is 2.36. The summed E-state index contributed by atoms with van der Waals surface area (Å²) >= 11 is 0. The number of ether oxygens (including phenoxy) is 1. The minimum absolute atomic E-state index is 0.0882. The van der Waals surface area contributed by atoms with Crippen molar-refractivity contribution < 1.29 is 9.84 Å². The minimum Gasteiger partial charge on any atom is -0.480 e. The number of aliphatic hydroxyl groups excluding tert-OH is 1. The quantitative estimate of drug-likeness (QED) is 0.791. The molecule has 16 heavy (non-hydrogen) atoms. The summed E-state index contributed by atoms with van der Waals surface area (Å²) in [6.07, 6.45) is 1.55. The molecule has 0 aliphatic rings. The van der Waals surface area contributed by atoms with E-state index in [0.717, 1.165) is 16.6 Å². The maximum atomic E-state index is 8.96. The van der Waals surface area contributed by atoms with E-state index in [1.165, 1.54) is 0 Å². The van der Waals surface area contributed by atoms with Crippen molar-refractivity contribution in [1.29, 1.82) is 0 Å². The lowest BCUT2D eigenvalue weighted by molar-refractivity contribution is 0.268. The Morgan fingerprint density at radius 1 is 1.44 bits per heavy atom. The number of methoxy groups -OCH3 is 1. The molecule has 0 amide bonds. The number of aromatic nitrogens is 2. The first-order valence-electron chi connectivity index (χ1n) is 4.91. The second-order valence-corrected chi connectivity index (χ2v) is 3.45. The molecule has 0 bridgehead atoms. The van der Waals surface area contributed by atoms with Crippen molar-refractivity contribution in [2.75, 3.05) is 13.7 Å². The smallest absolute Gasteiger partial charge is 0.232 e. The van der Waals surface area contributed by atoms with Gasteiger partial charge < -0.3 is 15.6 Å². The average molecular weight is 219 g/mol. The number of nitrogens with two attached hydrogens (primary N) is 1. The fourth-order valence-electron chi connectivity index (χ4n) is 1.45. The summed E-state index contributed by atoms with van der Waals surface area (Å²) in [5.41, 5.74) is 8.04. The zero-order chi connectivity index (χ0) is 11.5. The molecule has 0 saturated heterocycles. The molecule has 0 aliphatic carbocycles. The third kappa shape index (κ3) is 1.95. The SMILES string of the molecule is COc1cnc2cc(C(N)CO)ccc2n1. The molecular weight excluding hydrogens is 206 g/mol. The monoisotopic (exact) mass is 219 g/mol. The van der Waals surface area contributed by atoms with Gasteiger partial charge in [0.25, 0.3) is 0 Å². The van der Waals surface area contributed by atoms with E-state index >= 15 is 0 Å². The van der Waals surface area contributed by atoms with E-state index in [-0.39, 0.29) is 12.6 Å². The standard InChI is InChI=1S/C11H13N3O2/c1-16-11-5-13-10-4-7(8(12)6-15)2-3-9(10)14-11/h2-5,8,15H,6,12H2,1H3. The van der Waals surface area contributed by atoms with E-state index in [1.807, 2.05) is 18.2 Å². The molecule has 1 aromatic heterocycles. The minimum atomic E-state index is -0.381. The first kappa shape index (κ1) is 10.8. The molecule has 5 nitrogen and oxygen atoms in total. The van der Waals surface area contributed by atoms with Crippen molar-refractivity contribution in [3.63, 3.8) is 0 Å². The Kier molecular flexibility index (Phi) is 2.98. The molecule has 0 aliphatic heterocycles. The highest BCUT2D eigenvalue weighted by Crippen LogP contribution is 2.18. The number of rotatable bonds is 3. The summed E-state index contributed by atoms with van der Waals surface area (Å²) in [4.78, 5) is 8.44. The van der Waals surface area contributed by atoms with Gasteiger partial charge in [0, 0.05) is 0 Å². The second-order valence-electron chi connectivity index (χ2n) is 3.45. The lowest BCUT2D eigenvalue weighted by Crippen LogP contribution is -2.14. The summed E-state index contributed by atoms with van der Waals surface area (Å²) in [5, 5.41) is 8.96. The van der Waals surface area contributed by atoms with Crippen molar-refractivity contribution in [2.45, 2.75) is 6.04 Å². The Morgan fingerprint density at radius 3 is 2.94 bits per heavy atom. The third-order valence-electron chi connectivity index (χ3n) is 2.38. The predicted octanol–water partition coefficient (Wildman–Crippen LogP) is 0.631. The molecule has 1 atom stereocenters. The molecule has 0 saturated carbocycles. The van der Waals surface area contributed by atoms with Crippen LogP contribution in [-0.2, 0) is 0 Å². The van der Waals surface area contributed by atoms with Crippen LogP contribution in [0.4, 0.5) is 0 Å². The van der Waals surface area contributed by atoms with Gasteiger partial charge in [-0.3, -0.25) is 0 Å². The van der Waals surface area contributed by atoms with Crippen molar-refractivity contribution >= 4 is 11.0 Å². The number of fused-ring (bicyclic) bond motifs is 1. The molecule has 0 radical (unpaired) electrons. The van der Waals surface area contributed by atoms with Crippen LogP contribution in [0.2, 0.25) is 0 Å². The summed E-state index contributed by atoms with van der Waals surface area (Å²) < 4.78 is 4.98. The molecule has 3 N–H and O–H groups in total. The van der Waals surface area contributed by atoms with Crippen molar-refractivity contribution in [3.05, 3.63) is 30.0 Å². The van der Waals surface area contributed by atoms with Crippen LogP contribution in [0.1, 0.15) is 11.6 Å². The van der Waals surface area contributed by atoms with Crippen LogP contribution in [0.15, 0.2) is 24.4 Å². The van der Waals surface area contributed by atoms with Gasteiger partial charge in [0.2, 0.25) is 5.88 Å². The van der Waals surface area contributed by atoms with E-state index < -0.39 is 0 Å². The van der Waals surface area contributed by atoms with Crippen LogP contribution in [0.25, 0.3) is 11.0 Å². The molecule has 5 heteroatoms. The Balaban J connectivity index is 2.47. The summed E-state index contributed by atoms with van der Waals surface area (Å²) in [5.74, 6) is 0.478. The summed E-state index contributed by atoms with van der Waals surface area (Å²) in [7, 11) is 1.55. The molecular formula is C11H13N3O2. The molecule has 2 aromatic rings. The van der Waals surface area contributed by atoms with Gasteiger partial charge in [-0.15, -0.1) is 0 Å². The van der Waals surface area contributed by atoms with Gasteiger partial charge in [0.15, 0.2) is 0 Å². The van der Waals surface area contributed by atoms with Crippen molar-refractivity contribution in [2.24, 2.45) is 5.73 Å². The fourth-order valence-corrected chi connectivity index (χ4v) is 1.45. The molecule has 1 aromatic carbocycles. The van der Waals surface area contributed by atoms with Crippen molar-refractivity contribution in [3.8, 4) is 5.88 Å². The lowest BCUT2D eigenvalue weighted by Gasteiger charge is -2.09. The maximum absolute atomic E-state index is 8.96. The van der Waals surface area contributed by atoms with Gasteiger partial charge in [0.05, 0.1) is 37.0 Å². The van der Waals surface area contributed by atoms with Crippen LogP contribution in [0.3, 0.4) is 0 Å². The van der Waals surface area contributed by atoms with Crippen LogP contribution >= 0.6 is 0 Å². The molecule has 2 rings (SSSR count). The number of hydrogen-bond acceptors (Lipinski definition) is 5. The molecule has 84 valence electrons. The lowest BCUT2D eigenvalue weighted by atomic mass is 10.1. The highest BCUT2D eigenvalue weighted by atomic mass is 16.5. The van der Waals surface area contributed by atoms with Gasteiger partial charge >= 0.3 is 0 Å². The number of nitrogens with zero attached hydrogens (tertiary/aromatic N) is 2. The first-order valence-corrected chi connectivity index (χ1v) is 4.91. The van der Waals surface area contributed by atoms with Crippen LogP contribution in [0.5, 0.6) is 5.88 Å². The highest BCUT2D eigenvalue weighted by molar-refractivity contribution is 5.75. The summed E-state index contributed by atoms with van der Waals surface area (Å²) in [6, 6.07) is 5.09. The second kappa shape index (κ2) is 4.42. The van der Waals surface area contributed by atoms with E-state index in [4.69, 9.17) is 15.6 Å².